The first kappa shape index (κ1) is 25.7. The van der Waals surface area contributed by atoms with Crippen molar-refractivity contribution in [3.05, 3.63) is 59.7 Å². The van der Waals surface area contributed by atoms with Crippen LogP contribution in [0.25, 0.3) is 11.1 Å². The van der Waals surface area contributed by atoms with Gasteiger partial charge >= 0.3 is 18.0 Å². The molecule has 1 aliphatic carbocycles. The van der Waals surface area contributed by atoms with Crippen LogP contribution in [0.4, 0.5) is 4.79 Å². The van der Waals surface area contributed by atoms with Crippen LogP contribution in [0.3, 0.4) is 0 Å². The van der Waals surface area contributed by atoms with Crippen LogP contribution in [0.2, 0.25) is 0 Å². The van der Waals surface area contributed by atoms with Gasteiger partial charge in [0.2, 0.25) is 5.91 Å². The SMILES string of the molecule is COC(=O)CC[C@@H](NC(=O)C(NC(=O)OCC1c2ccccc2-c2ccccc21)C(C)C)C(=O)O. The fourth-order valence-electron chi connectivity index (χ4n) is 4.19. The average molecular weight is 483 g/mol. The third kappa shape index (κ3) is 6.17. The summed E-state index contributed by atoms with van der Waals surface area (Å²) in [7, 11) is 1.20. The molecule has 2 aromatic rings. The van der Waals surface area contributed by atoms with E-state index in [0.29, 0.717) is 0 Å². The molecule has 0 aliphatic heterocycles. The number of alkyl carbamates (subject to hydrolysis) is 1. The Morgan fingerprint density at radius 1 is 0.943 bits per heavy atom. The maximum atomic E-state index is 12.8. The topological polar surface area (TPSA) is 131 Å². The van der Waals surface area contributed by atoms with Gasteiger partial charge in [-0.25, -0.2) is 9.59 Å². The zero-order valence-corrected chi connectivity index (χ0v) is 19.9. The highest BCUT2D eigenvalue weighted by Gasteiger charge is 2.32. The van der Waals surface area contributed by atoms with E-state index in [1.165, 1.54) is 7.11 Å². The minimum Gasteiger partial charge on any atom is -0.480 e. The van der Waals surface area contributed by atoms with Gasteiger partial charge < -0.3 is 25.2 Å². The van der Waals surface area contributed by atoms with Gasteiger partial charge in [0.05, 0.1) is 7.11 Å². The number of ether oxygens (including phenoxy) is 2. The lowest BCUT2D eigenvalue weighted by Gasteiger charge is -2.24. The predicted molar refractivity (Wildman–Crippen MR) is 128 cm³/mol. The van der Waals surface area contributed by atoms with Crippen LogP contribution in [0.1, 0.15) is 43.7 Å². The van der Waals surface area contributed by atoms with Crippen molar-refractivity contribution >= 4 is 23.9 Å². The van der Waals surface area contributed by atoms with E-state index in [9.17, 15) is 24.3 Å². The van der Waals surface area contributed by atoms with Crippen molar-refractivity contribution in [2.75, 3.05) is 13.7 Å². The molecule has 2 amide bonds. The van der Waals surface area contributed by atoms with E-state index >= 15 is 0 Å². The third-order valence-corrected chi connectivity index (χ3v) is 6.05. The first-order valence-corrected chi connectivity index (χ1v) is 11.4. The molecule has 186 valence electrons. The van der Waals surface area contributed by atoms with Gasteiger partial charge in [-0.3, -0.25) is 9.59 Å². The van der Waals surface area contributed by atoms with E-state index < -0.39 is 36.0 Å². The number of hydrogen-bond acceptors (Lipinski definition) is 6. The van der Waals surface area contributed by atoms with Gasteiger partial charge in [-0.1, -0.05) is 62.4 Å². The lowest BCUT2D eigenvalue weighted by atomic mass is 9.98. The second-order valence-corrected chi connectivity index (χ2v) is 8.71. The van der Waals surface area contributed by atoms with Crippen molar-refractivity contribution in [2.45, 2.75) is 44.7 Å². The smallest absolute Gasteiger partial charge is 0.407 e. The fourth-order valence-corrected chi connectivity index (χ4v) is 4.19. The number of methoxy groups -OCH3 is 1. The molecule has 0 heterocycles. The number of carboxylic acids is 1. The minimum atomic E-state index is -1.30. The van der Waals surface area contributed by atoms with Crippen LogP contribution >= 0.6 is 0 Å². The zero-order chi connectivity index (χ0) is 25.5. The predicted octanol–water partition coefficient (Wildman–Crippen LogP) is 3.07. The number of carbonyl (C=O) groups excluding carboxylic acids is 3. The van der Waals surface area contributed by atoms with Crippen LogP contribution in [-0.2, 0) is 23.9 Å². The normalized spacial score (nSPS) is 13.8. The summed E-state index contributed by atoms with van der Waals surface area (Å²) in [6.07, 6.45) is -1.08. The van der Waals surface area contributed by atoms with E-state index in [4.69, 9.17) is 4.74 Å². The molecule has 0 bridgehead atoms. The van der Waals surface area contributed by atoms with Crippen molar-refractivity contribution in [3.8, 4) is 11.1 Å². The molecule has 0 saturated heterocycles. The zero-order valence-electron chi connectivity index (χ0n) is 19.9. The van der Waals surface area contributed by atoms with Crippen LogP contribution in [-0.4, -0.2) is 54.8 Å². The number of hydrogen-bond donors (Lipinski definition) is 3. The summed E-state index contributed by atoms with van der Waals surface area (Å²) in [6.45, 7) is 3.53. The van der Waals surface area contributed by atoms with Crippen molar-refractivity contribution in [1.82, 2.24) is 10.6 Å². The van der Waals surface area contributed by atoms with Gasteiger partial charge in [-0.05, 0) is 34.6 Å². The number of aliphatic carboxylic acids is 1. The molecule has 2 atom stereocenters. The molecule has 3 N–H and O–H groups in total. The van der Waals surface area contributed by atoms with Crippen LogP contribution in [0, 0.1) is 5.92 Å². The Hall–Kier alpha value is -3.88. The Labute approximate surface area is 203 Å². The van der Waals surface area contributed by atoms with E-state index in [1.807, 2.05) is 48.5 Å². The first-order chi connectivity index (χ1) is 16.7. The number of carboxylic acid groups (broad SMARTS) is 1. The van der Waals surface area contributed by atoms with E-state index in [2.05, 4.69) is 15.4 Å². The number of amides is 2. The molecular weight excluding hydrogens is 452 g/mol. The molecule has 0 saturated carbocycles. The Morgan fingerprint density at radius 3 is 2.03 bits per heavy atom. The molecule has 1 aliphatic rings. The maximum Gasteiger partial charge on any atom is 0.407 e. The summed E-state index contributed by atoms with van der Waals surface area (Å²) in [6, 6.07) is 13.6. The largest absolute Gasteiger partial charge is 0.480 e. The number of rotatable bonds is 10. The van der Waals surface area contributed by atoms with E-state index in [1.54, 1.807) is 13.8 Å². The number of benzene rings is 2. The first-order valence-electron chi connectivity index (χ1n) is 11.4. The van der Waals surface area contributed by atoms with E-state index in [-0.39, 0.29) is 31.3 Å². The lowest BCUT2D eigenvalue weighted by Crippen LogP contribution is -2.53. The molecule has 35 heavy (non-hydrogen) atoms. The summed E-state index contributed by atoms with van der Waals surface area (Å²) in [5.74, 6) is -3.01. The van der Waals surface area contributed by atoms with Crippen molar-refractivity contribution in [3.63, 3.8) is 0 Å². The molecule has 9 heteroatoms. The standard InChI is InChI=1S/C26H30N2O7/c1-15(2)23(24(30)27-21(25(31)32)12-13-22(29)34-3)28-26(33)35-14-20-18-10-6-4-8-16(18)17-9-5-7-11-19(17)20/h4-11,15,20-21,23H,12-14H2,1-3H3,(H,27,30)(H,28,33)(H,31,32)/t21-,23?/m1/s1. The molecule has 9 nitrogen and oxygen atoms in total. The molecule has 1 unspecified atom stereocenters. The summed E-state index contributed by atoms with van der Waals surface area (Å²) < 4.78 is 10.0. The fraction of sp³-hybridized carbons (Fsp3) is 0.385. The van der Waals surface area contributed by atoms with Crippen LogP contribution in [0.15, 0.2) is 48.5 Å². The average Bonchev–Trinajstić information content (AvgIpc) is 3.16. The van der Waals surface area contributed by atoms with Gasteiger partial charge in [0.15, 0.2) is 0 Å². The summed E-state index contributed by atoms with van der Waals surface area (Å²) in [5, 5.41) is 14.3. The molecule has 2 aromatic carbocycles. The van der Waals surface area contributed by atoms with E-state index in [0.717, 1.165) is 22.3 Å². The monoisotopic (exact) mass is 482 g/mol. The molecule has 0 aromatic heterocycles. The number of nitrogens with one attached hydrogen (secondary N) is 2. The Morgan fingerprint density at radius 2 is 1.51 bits per heavy atom. The number of carbonyl (C=O) groups is 4. The van der Waals surface area contributed by atoms with Crippen molar-refractivity contribution in [2.24, 2.45) is 5.92 Å². The lowest BCUT2D eigenvalue weighted by molar-refractivity contribution is -0.144. The maximum absolute atomic E-state index is 12.8. The molecular formula is C26H30N2O7. The Balaban J connectivity index is 1.63. The van der Waals surface area contributed by atoms with Crippen LogP contribution < -0.4 is 10.6 Å². The van der Waals surface area contributed by atoms with Gasteiger partial charge in [-0.2, -0.15) is 0 Å². The van der Waals surface area contributed by atoms with Crippen molar-refractivity contribution < 1.29 is 33.8 Å². The molecule has 3 rings (SSSR count). The highest BCUT2D eigenvalue weighted by Crippen LogP contribution is 2.44. The highest BCUT2D eigenvalue weighted by atomic mass is 16.5. The number of esters is 1. The summed E-state index contributed by atoms with van der Waals surface area (Å²) in [5.41, 5.74) is 4.33. The minimum absolute atomic E-state index is 0.0865. The molecule has 0 fully saturated rings. The summed E-state index contributed by atoms with van der Waals surface area (Å²) in [4.78, 5) is 48.3. The van der Waals surface area contributed by atoms with Gasteiger partial charge in [-0.15, -0.1) is 0 Å². The second kappa shape index (κ2) is 11.5. The Kier molecular flexibility index (Phi) is 8.46. The number of fused-ring (bicyclic) bond motifs is 3. The third-order valence-electron chi connectivity index (χ3n) is 6.05. The summed E-state index contributed by atoms with van der Waals surface area (Å²) >= 11 is 0. The quantitative estimate of drug-likeness (QED) is 0.444. The highest BCUT2D eigenvalue weighted by molar-refractivity contribution is 5.89. The molecule has 0 radical (unpaired) electrons. The van der Waals surface area contributed by atoms with Gasteiger partial charge in [0, 0.05) is 12.3 Å². The van der Waals surface area contributed by atoms with Gasteiger partial charge in [0.25, 0.3) is 0 Å². The van der Waals surface area contributed by atoms with Crippen LogP contribution in [0.5, 0.6) is 0 Å². The van der Waals surface area contributed by atoms with Crippen molar-refractivity contribution in [1.29, 1.82) is 0 Å². The Bertz CT molecular complexity index is 1050. The van der Waals surface area contributed by atoms with Gasteiger partial charge in [0.1, 0.15) is 18.7 Å². The molecule has 0 spiro atoms. The second-order valence-electron chi connectivity index (χ2n) is 8.71.